The van der Waals surface area contributed by atoms with Crippen molar-refractivity contribution in [3.8, 4) is 0 Å². The van der Waals surface area contributed by atoms with E-state index in [0.717, 1.165) is 22.5 Å². The Hall–Kier alpha value is -1.70. The standard InChI is InChI=1S/C19H24N2O3S2/c1-3-15-6-4-5-7-17(15)20-19(22)16-10-12-21(13-11-16)26(23,24)18-9-8-14(2)25-18/h4-9,16H,3,10-13H2,1-2H3,(H,20,22). The molecule has 140 valence electrons. The molecule has 1 fully saturated rings. The smallest absolute Gasteiger partial charge is 0.252 e. The van der Waals surface area contributed by atoms with Crippen molar-refractivity contribution in [3.63, 3.8) is 0 Å². The zero-order valence-corrected chi connectivity index (χ0v) is 16.7. The molecule has 7 heteroatoms. The lowest BCUT2D eigenvalue weighted by Crippen LogP contribution is -2.41. The Labute approximate surface area is 159 Å². The summed E-state index contributed by atoms with van der Waals surface area (Å²) in [5, 5.41) is 3.01. The summed E-state index contributed by atoms with van der Waals surface area (Å²) in [7, 11) is -3.44. The molecule has 0 spiro atoms. The monoisotopic (exact) mass is 392 g/mol. The maximum atomic E-state index is 12.7. The topological polar surface area (TPSA) is 66.5 Å². The molecular weight excluding hydrogens is 368 g/mol. The van der Waals surface area contributed by atoms with Gasteiger partial charge in [-0.1, -0.05) is 25.1 Å². The van der Waals surface area contributed by atoms with Gasteiger partial charge in [-0.25, -0.2) is 8.42 Å². The molecule has 1 aromatic heterocycles. The number of para-hydroxylation sites is 1. The van der Waals surface area contributed by atoms with Gasteiger partial charge in [0.2, 0.25) is 5.91 Å². The summed E-state index contributed by atoms with van der Waals surface area (Å²) in [5.74, 6) is -0.175. The fraction of sp³-hybridized carbons (Fsp3) is 0.421. The molecule has 0 unspecified atom stereocenters. The number of hydrogen-bond acceptors (Lipinski definition) is 4. The van der Waals surface area contributed by atoms with Gasteiger partial charge in [0.1, 0.15) is 4.21 Å². The number of thiophene rings is 1. The first-order valence-electron chi connectivity index (χ1n) is 8.87. The van der Waals surface area contributed by atoms with Gasteiger partial charge in [-0.05, 0) is 49.9 Å². The first kappa shape index (κ1) is 19.1. The Balaban J connectivity index is 1.62. The molecule has 0 atom stereocenters. The van der Waals surface area contributed by atoms with Crippen molar-refractivity contribution in [2.24, 2.45) is 5.92 Å². The number of carbonyl (C=O) groups is 1. The van der Waals surface area contributed by atoms with Crippen LogP contribution in [0.15, 0.2) is 40.6 Å². The van der Waals surface area contributed by atoms with Crippen LogP contribution in [0.25, 0.3) is 0 Å². The summed E-state index contributed by atoms with van der Waals surface area (Å²) in [5.41, 5.74) is 1.96. The maximum absolute atomic E-state index is 12.7. The molecule has 1 aliphatic heterocycles. The third-order valence-corrected chi connectivity index (χ3v) is 8.16. The van der Waals surface area contributed by atoms with Crippen molar-refractivity contribution in [2.75, 3.05) is 18.4 Å². The molecule has 1 amide bonds. The van der Waals surface area contributed by atoms with E-state index >= 15 is 0 Å². The number of anilines is 1. The molecule has 1 saturated heterocycles. The second kappa shape index (κ2) is 7.90. The van der Waals surface area contributed by atoms with Gasteiger partial charge in [0.05, 0.1) is 0 Å². The minimum Gasteiger partial charge on any atom is -0.326 e. The lowest BCUT2D eigenvalue weighted by atomic mass is 9.97. The maximum Gasteiger partial charge on any atom is 0.252 e. The molecule has 0 bridgehead atoms. The highest BCUT2D eigenvalue weighted by Gasteiger charge is 2.32. The van der Waals surface area contributed by atoms with Crippen molar-refractivity contribution in [1.82, 2.24) is 4.31 Å². The van der Waals surface area contributed by atoms with E-state index in [9.17, 15) is 13.2 Å². The van der Waals surface area contributed by atoms with Crippen LogP contribution in [0.1, 0.15) is 30.2 Å². The SMILES string of the molecule is CCc1ccccc1NC(=O)C1CCN(S(=O)(=O)c2ccc(C)s2)CC1. The highest BCUT2D eigenvalue weighted by atomic mass is 32.2. The zero-order valence-electron chi connectivity index (χ0n) is 15.1. The van der Waals surface area contributed by atoms with E-state index in [1.54, 1.807) is 6.07 Å². The third kappa shape index (κ3) is 4.00. The average Bonchev–Trinajstić information content (AvgIpc) is 3.09. The van der Waals surface area contributed by atoms with Crippen LogP contribution >= 0.6 is 11.3 Å². The number of hydrogen-bond donors (Lipinski definition) is 1. The quantitative estimate of drug-likeness (QED) is 0.844. The molecule has 0 saturated carbocycles. The normalized spacial score (nSPS) is 16.5. The number of benzene rings is 1. The molecule has 1 aliphatic rings. The molecule has 2 heterocycles. The lowest BCUT2D eigenvalue weighted by molar-refractivity contribution is -0.120. The van der Waals surface area contributed by atoms with E-state index in [0.29, 0.717) is 30.1 Å². The molecule has 0 radical (unpaired) electrons. The van der Waals surface area contributed by atoms with Crippen LogP contribution in [0.4, 0.5) is 5.69 Å². The summed E-state index contributed by atoms with van der Waals surface area (Å²) >= 11 is 1.29. The number of nitrogens with one attached hydrogen (secondary N) is 1. The fourth-order valence-corrected chi connectivity index (χ4v) is 6.13. The fourth-order valence-electron chi connectivity index (χ4n) is 3.22. The number of amides is 1. The molecule has 1 N–H and O–H groups in total. The van der Waals surface area contributed by atoms with Crippen molar-refractivity contribution in [1.29, 1.82) is 0 Å². The molecule has 2 aromatic rings. The summed E-state index contributed by atoms with van der Waals surface area (Å²) in [6.07, 6.45) is 1.95. The summed E-state index contributed by atoms with van der Waals surface area (Å²) in [4.78, 5) is 13.6. The molecule has 5 nitrogen and oxygen atoms in total. The zero-order chi connectivity index (χ0) is 18.7. The van der Waals surface area contributed by atoms with E-state index in [4.69, 9.17) is 0 Å². The van der Waals surface area contributed by atoms with Gasteiger partial charge in [-0.3, -0.25) is 4.79 Å². The van der Waals surface area contributed by atoms with Gasteiger partial charge in [-0.2, -0.15) is 4.31 Å². The minimum absolute atomic E-state index is 0.0186. The van der Waals surface area contributed by atoms with Crippen LogP contribution in [-0.4, -0.2) is 31.7 Å². The van der Waals surface area contributed by atoms with Gasteiger partial charge in [-0.15, -0.1) is 11.3 Å². The highest BCUT2D eigenvalue weighted by Crippen LogP contribution is 2.29. The molecule has 26 heavy (non-hydrogen) atoms. The van der Waals surface area contributed by atoms with Crippen LogP contribution in [0.2, 0.25) is 0 Å². The van der Waals surface area contributed by atoms with E-state index < -0.39 is 10.0 Å². The predicted molar refractivity (Wildman–Crippen MR) is 105 cm³/mol. The first-order valence-corrected chi connectivity index (χ1v) is 11.1. The Kier molecular flexibility index (Phi) is 5.79. The van der Waals surface area contributed by atoms with Crippen LogP contribution in [0.5, 0.6) is 0 Å². The number of nitrogens with zero attached hydrogens (tertiary/aromatic N) is 1. The van der Waals surface area contributed by atoms with Crippen molar-refractivity contribution < 1.29 is 13.2 Å². The summed E-state index contributed by atoms with van der Waals surface area (Å²) in [6.45, 7) is 4.72. The Bertz CT molecular complexity index is 882. The number of carbonyl (C=O) groups excluding carboxylic acids is 1. The summed E-state index contributed by atoms with van der Waals surface area (Å²) in [6, 6.07) is 11.3. The van der Waals surface area contributed by atoms with Crippen LogP contribution in [-0.2, 0) is 21.2 Å². The number of sulfonamides is 1. The van der Waals surface area contributed by atoms with Gasteiger partial charge >= 0.3 is 0 Å². The third-order valence-electron chi connectivity index (χ3n) is 4.79. The van der Waals surface area contributed by atoms with Crippen molar-refractivity contribution in [3.05, 3.63) is 46.8 Å². The van der Waals surface area contributed by atoms with Crippen LogP contribution < -0.4 is 5.32 Å². The van der Waals surface area contributed by atoms with Gasteiger partial charge in [0, 0.05) is 29.6 Å². The average molecular weight is 393 g/mol. The van der Waals surface area contributed by atoms with E-state index in [1.165, 1.54) is 15.6 Å². The molecule has 0 aliphatic carbocycles. The lowest BCUT2D eigenvalue weighted by Gasteiger charge is -2.30. The highest BCUT2D eigenvalue weighted by molar-refractivity contribution is 7.91. The minimum atomic E-state index is -3.44. The largest absolute Gasteiger partial charge is 0.326 e. The Morgan fingerprint density at radius 1 is 1.19 bits per heavy atom. The summed E-state index contributed by atoms with van der Waals surface area (Å²) < 4.78 is 27.3. The number of piperidine rings is 1. The number of rotatable bonds is 5. The second-order valence-corrected chi connectivity index (χ2v) is 10.00. The number of aryl methyl sites for hydroxylation is 2. The van der Waals surface area contributed by atoms with E-state index in [2.05, 4.69) is 12.2 Å². The second-order valence-electron chi connectivity index (χ2n) is 6.54. The Morgan fingerprint density at radius 3 is 2.50 bits per heavy atom. The Morgan fingerprint density at radius 2 is 1.88 bits per heavy atom. The predicted octanol–water partition coefficient (Wildman–Crippen LogP) is 3.66. The molecule has 3 rings (SSSR count). The molecular formula is C19H24N2O3S2. The van der Waals surface area contributed by atoms with E-state index in [-0.39, 0.29) is 11.8 Å². The molecule has 1 aromatic carbocycles. The van der Waals surface area contributed by atoms with Gasteiger partial charge < -0.3 is 5.32 Å². The van der Waals surface area contributed by atoms with E-state index in [1.807, 2.05) is 37.3 Å². The first-order chi connectivity index (χ1) is 12.4. The van der Waals surface area contributed by atoms with Crippen LogP contribution in [0, 0.1) is 12.8 Å². The van der Waals surface area contributed by atoms with Crippen LogP contribution in [0.3, 0.4) is 0 Å². The van der Waals surface area contributed by atoms with Gasteiger partial charge in [0.15, 0.2) is 0 Å². The van der Waals surface area contributed by atoms with Crippen molar-refractivity contribution >= 4 is 33.0 Å². The van der Waals surface area contributed by atoms with Gasteiger partial charge in [0.25, 0.3) is 10.0 Å². The van der Waals surface area contributed by atoms with Crippen molar-refractivity contribution in [2.45, 2.75) is 37.3 Å².